The van der Waals surface area contributed by atoms with Crippen molar-refractivity contribution in [1.82, 2.24) is 0 Å². The van der Waals surface area contributed by atoms with Crippen LogP contribution in [0.4, 0.5) is 13.2 Å². The van der Waals surface area contributed by atoms with Gasteiger partial charge in [0.2, 0.25) is 0 Å². The summed E-state index contributed by atoms with van der Waals surface area (Å²) in [6, 6.07) is 21.6. The maximum Gasteiger partial charge on any atom is 0.416 e. The molecule has 0 N–H and O–H groups in total. The largest absolute Gasteiger partial charge is 0.457 e. The van der Waals surface area contributed by atoms with E-state index in [1.807, 2.05) is 48.5 Å². The zero-order chi connectivity index (χ0) is 16.3. The van der Waals surface area contributed by atoms with Gasteiger partial charge in [-0.15, -0.1) is 0 Å². The Balaban J connectivity index is 1.94. The molecule has 0 spiro atoms. The van der Waals surface area contributed by atoms with Gasteiger partial charge in [0.15, 0.2) is 0 Å². The Bertz CT molecular complexity index is 778. The molecule has 0 aliphatic heterocycles. The molecule has 0 aliphatic rings. The van der Waals surface area contributed by atoms with Gasteiger partial charge in [-0.25, -0.2) is 0 Å². The highest BCUT2D eigenvalue weighted by atomic mass is 19.4. The molecule has 0 atom stereocenters. The van der Waals surface area contributed by atoms with E-state index in [2.05, 4.69) is 0 Å². The summed E-state index contributed by atoms with van der Waals surface area (Å²) in [4.78, 5) is 0. The SMILES string of the molecule is FC(F)(F)c1ccc(-c2ccccc2Oc2ccccc2)cc1. The summed E-state index contributed by atoms with van der Waals surface area (Å²) in [5.74, 6) is 1.27. The number of para-hydroxylation sites is 2. The number of rotatable bonds is 3. The highest BCUT2D eigenvalue weighted by molar-refractivity contribution is 5.71. The Hall–Kier alpha value is -2.75. The molecule has 0 heterocycles. The topological polar surface area (TPSA) is 9.23 Å². The summed E-state index contributed by atoms with van der Waals surface area (Å²) in [6.45, 7) is 0. The number of alkyl halides is 3. The number of benzene rings is 3. The number of halogens is 3. The van der Waals surface area contributed by atoms with Crippen molar-refractivity contribution >= 4 is 0 Å². The van der Waals surface area contributed by atoms with E-state index < -0.39 is 11.7 Å². The van der Waals surface area contributed by atoms with Crippen molar-refractivity contribution in [2.24, 2.45) is 0 Å². The van der Waals surface area contributed by atoms with Crippen molar-refractivity contribution in [2.45, 2.75) is 6.18 Å². The molecule has 1 nitrogen and oxygen atoms in total. The highest BCUT2D eigenvalue weighted by Crippen LogP contribution is 2.35. The lowest BCUT2D eigenvalue weighted by Crippen LogP contribution is -2.04. The van der Waals surface area contributed by atoms with Crippen LogP contribution in [0.15, 0.2) is 78.9 Å². The summed E-state index contributed by atoms with van der Waals surface area (Å²) < 4.78 is 43.8. The quantitative estimate of drug-likeness (QED) is 0.562. The molecule has 0 fully saturated rings. The first-order chi connectivity index (χ1) is 11.0. The van der Waals surface area contributed by atoms with Gasteiger partial charge in [-0.3, -0.25) is 0 Å². The number of hydrogen-bond acceptors (Lipinski definition) is 1. The van der Waals surface area contributed by atoms with Crippen LogP contribution >= 0.6 is 0 Å². The van der Waals surface area contributed by atoms with E-state index in [0.29, 0.717) is 17.1 Å². The third kappa shape index (κ3) is 3.54. The Morgan fingerprint density at radius 2 is 1.26 bits per heavy atom. The van der Waals surface area contributed by atoms with Gasteiger partial charge >= 0.3 is 6.18 Å². The van der Waals surface area contributed by atoms with Crippen LogP contribution in [0.1, 0.15) is 5.56 Å². The van der Waals surface area contributed by atoms with Gasteiger partial charge in [-0.05, 0) is 35.9 Å². The zero-order valence-electron chi connectivity index (χ0n) is 12.0. The first-order valence-electron chi connectivity index (χ1n) is 7.03. The second kappa shape index (κ2) is 6.16. The van der Waals surface area contributed by atoms with Crippen LogP contribution in [0.3, 0.4) is 0 Å². The van der Waals surface area contributed by atoms with Crippen LogP contribution in [0, 0.1) is 0 Å². The van der Waals surface area contributed by atoms with E-state index in [1.165, 1.54) is 12.1 Å². The highest BCUT2D eigenvalue weighted by Gasteiger charge is 2.30. The molecule has 0 amide bonds. The fourth-order valence-electron chi connectivity index (χ4n) is 2.25. The lowest BCUT2D eigenvalue weighted by atomic mass is 10.0. The monoisotopic (exact) mass is 314 g/mol. The van der Waals surface area contributed by atoms with E-state index in [4.69, 9.17) is 4.74 Å². The average Bonchev–Trinajstić information content (AvgIpc) is 2.56. The minimum absolute atomic E-state index is 0.596. The van der Waals surface area contributed by atoms with Crippen molar-refractivity contribution in [1.29, 1.82) is 0 Å². The Labute approximate surface area is 132 Å². The molecular formula is C19H13F3O. The third-order valence-electron chi connectivity index (χ3n) is 3.38. The summed E-state index contributed by atoms with van der Waals surface area (Å²) in [5, 5.41) is 0. The maximum atomic E-state index is 12.7. The second-order valence-corrected chi connectivity index (χ2v) is 4.99. The van der Waals surface area contributed by atoms with Gasteiger partial charge in [-0.1, -0.05) is 48.5 Å². The van der Waals surface area contributed by atoms with Crippen molar-refractivity contribution in [3.63, 3.8) is 0 Å². The molecule has 116 valence electrons. The fourth-order valence-corrected chi connectivity index (χ4v) is 2.25. The molecule has 0 unspecified atom stereocenters. The lowest BCUT2D eigenvalue weighted by Gasteiger charge is -2.12. The summed E-state index contributed by atoms with van der Waals surface area (Å²) >= 11 is 0. The molecular weight excluding hydrogens is 301 g/mol. The van der Waals surface area contributed by atoms with Crippen molar-refractivity contribution in [3.8, 4) is 22.6 Å². The molecule has 0 saturated heterocycles. The van der Waals surface area contributed by atoms with Gasteiger partial charge in [0.05, 0.1) is 5.56 Å². The van der Waals surface area contributed by atoms with Crippen LogP contribution in [-0.4, -0.2) is 0 Å². The van der Waals surface area contributed by atoms with Crippen molar-refractivity contribution < 1.29 is 17.9 Å². The average molecular weight is 314 g/mol. The van der Waals surface area contributed by atoms with E-state index in [9.17, 15) is 13.2 Å². The van der Waals surface area contributed by atoms with E-state index in [0.717, 1.165) is 17.7 Å². The first kappa shape index (κ1) is 15.2. The molecule has 0 saturated carbocycles. The molecule has 3 aromatic carbocycles. The zero-order valence-corrected chi connectivity index (χ0v) is 12.0. The lowest BCUT2D eigenvalue weighted by molar-refractivity contribution is -0.137. The number of ether oxygens (including phenoxy) is 1. The van der Waals surface area contributed by atoms with E-state index in [1.54, 1.807) is 6.07 Å². The maximum absolute atomic E-state index is 12.7. The smallest absolute Gasteiger partial charge is 0.416 e. The van der Waals surface area contributed by atoms with Gasteiger partial charge in [0.1, 0.15) is 11.5 Å². The van der Waals surface area contributed by atoms with Gasteiger partial charge in [-0.2, -0.15) is 13.2 Å². The van der Waals surface area contributed by atoms with E-state index >= 15 is 0 Å². The first-order valence-corrected chi connectivity index (χ1v) is 7.03. The minimum atomic E-state index is -4.33. The van der Waals surface area contributed by atoms with Crippen LogP contribution < -0.4 is 4.74 Å². The normalized spacial score (nSPS) is 11.3. The van der Waals surface area contributed by atoms with Gasteiger partial charge in [0, 0.05) is 5.56 Å². The second-order valence-electron chi connectivity index (χ2n) is 4.99. The molecule has 0 bridgehead atoms. The predicted molar refractivity (Wildman–Crippen MR) is 83.4 cm³/mol. The Morgan fingerprint density at radius 1 is 0.652 bits per heavy atom. The molecule has 3 rings (SSSR count). The Morgan fingerprint density at radius 3 is 1.91 bits per heavy atom. The molecule has 4 heteroatoms. The van der Waals surface area contributed by atoms with Gasteiger partial charge in [0.25, 0.3) is 0 Å². The molecule has 0 aromatic heterocycles. The van der Waals surface area contributed by atoms with Crippen molar-refractivity contribution in [2.75, 3.05) is 0 Å². The van der Waals surface area contributed by atoms with Crippen LogP contribution in [0.2, 0.25) is 0 Å². The van der Waals surface area contributed by atoms with Crippen LogP contribution in [0.25, 0.3) is 11.1 Å². The fraction of sp³-hybridized carbons (Fsp3) is 0.0526. The van der Waals surface area contributed by atoms with Crippen LogP contribution in [0.5, 0.6) is 11.5 Å². The van der Waals surface area contributed by atoms with Crippen LogP contribution in [-0.2, 0) is 6.18 Å². The minimum Gasteiger partial charge on any atom is -0.457 e. The summed E-state index contributed by atoms with van der Waals surface area (Å²) in [6.07, 6.45) is -4.33. The molecule has 23 heavy (non-hydrogen) atoms. The van der Waals surface area contributed by atoms with E-state index in [-0.39, 0.29) is 0 Å². The molecule has 0 aliphatic carbocycles. The molecule has 3 aromatic rings. The van der Waals surface area contributed by atoms with Crippen molar-refractivity contribution in [3.05, 3.63) is 84.4 Å². The standard InChI is InChI=1S/C19H13F3O/c20-19(21,22)15-12-10-14(11-13-15)17-8-4-5-9-18(17)23-16-6-2-1-3-7-16/h1-13H. The molecule has 0 radical (unpaired) electrons. The number of hydrogen-bond donors (Lipinski definition) is 0. The Kier molecular flexibility index (Phi) is 4.06. The predicted octanol–water partition coefficient (Wildman–Crippen LogP) is 6.16. The summed E-state index contributed by atoms with van der Waals surface area (Å²) in [5.41, 5.74) is 0.748. The third-order valence-corrected chi connectivity index (χ3v) is 3.38. The van der Waals surface area contributed by atoms with Gasteiger partial charge < -0.3 is 4.74 Å². The summed E-state index contributed by atoms with van der Waals surface area (Å²) in [7, 11) is 0.